The standard InChI is InChI=1S/C12H8O4/c13-10(8-4-2-1-3-5-8)6-9-7-11(14)12(15)16-9/h1-7,13H/b10-6-. The summed E-state index contributed by atoms with van der Waals surface area (Å²) in [4.78, 5) is 21.6. The lowest BCUT2D eigenvalue weighted by molar-refractivity contribution is -0.145. The third-order valence-corrected chi connectivity index (χ3v) is 2.03. The maximum Gasteiger partial charge on any atom is 0.384 e. The number of aliphatic hydroxyl groups excluding tert-OH is 1. The lowest BCUT2D eigenvalue weighted by atomic mass is 10.2. The number of ketones is 1. The van der Waals surface area contributed by atoms with Gasteiger partial charge in [0.15, 0.2) is 0 Å². The molecule has 0 atom stereocenters. The van der Waals surface area contributed by atoms with Crippen molar-refractivity contribution < 1.29 is 19.4 Å². The fraction of sp³-hybridized carbons (Fsp3) is 0. The zero-order chi connectivity index (χ0) is 11.5. The molecule has 1 heterocycles. The van der Waals surface area contributed by atoms with Crippen LogP contribution >= 0.6 is 0 Å². The van der Waals surface area contributed by atoms with Crippen LogP contribution in [0, 0.1) is 0 Å². The maximum atomic E-state index is 10.8. The van der Waals surface area contributed by atoms with Crippen LogP contribution in [0.15, 0.2) is 48.2 Å². The van der Waals surface area contributed by atoms with Crippen molar-refractivity contribution in [3.8, 4) is 0 Å². The lowest BCUT2D eigenvalue weighted by Crippen LogP contribution is -2.05. The summed E-state index contributed by atoms with van der Waals surface area (Å²) in [7, 11) is 0. The van der Waals surface area contributed by atoms with Crippen molar-refractivity contribution >= 4 is 17.5 Å². The summed E-state index contributed by atoms with van der Waals surface area (Å²) < 4.78 is 4.60. The Bertz CT molecular complexity index is 497. The van der Waals surface area contributed by atoms with Gasteiger partial charge in [-0.15, -0.1) is 0 Å². The predicted molar refractivity (Wildman–Crippen MR) is 56.2 cm³/mol. The van der Waals surface area contributed by atoms with E-state index in [1.807, 2.05) is 6.07 Å². The number of cyclic esters (lactones) is 1. The molecule has 16 heavy (non-hydrogen) atoms. The molecule has 4 nitrogen and oxygen atoms in total. The number of aliphatic hydroxyl groups is 1. The van der Waals surface area contributed by atoms with E-state index in [4.69, 9.17) is 0 Å². The normalized spacial score (nSPS) is 16.0. The second-order valence-electron chi connectivity index (χ2n) is 3.20. The van der Waals surface area contributed by atoms with E-state index in [1.165, 1.54) is 6.08 Å². The highest BCUT2D eigenvalue weighted by Gasteiger charge is 2.23. The van der Waals surface area contributed by atoms with Crippen molar-refractivity contribution in [2.75, 3.05) is 0 Å². The smallest absolute Gasteiger partial charge is 0.384 e. The topological polar surface area (TPSA) is 63.6 Å². The minimum atomic E-state index is -0.924. The molecule has 2 rings (SSSR count). The molecule has 80 valence electrons. The molecule has 1 aromatic rings. The fourth-order valence-corrected chi connectivity index (χ4v) is 1.27. The number of allylic oxidation sites excluding steroid dienone is 1. The van der Waals surface area contributed by atoms with Crippen LogP contribution in [0.2, 0.25) is 0 Å². The summed E-state index contributed by atoms with van der Waals surface area (Å²) in [6.07, 6.45) is 2.28. The van der Waals surface area contributed by atoms with Gasteiger partial charge < -0.3 is 9.84 Å². The number of ether oxygens (including phenoxy) is 1. The van der Waals surface area contributed by atoms with Gasteiger partial charge in [0.2, 0.25) is 0 Å². The first-order valence-electron chi connectivity index (χ1n) is 4.61. The van der Waals surface area contributed by atoms with E-state index in [2.05, 4.69) is 4.74 Å². The van der Waals surface area contributed by atoms with Gasteiger partial charge in [-0.3, -0.25) is 4.79 Å². The summed E-state index contributed by atoms with van der Waals surface area (Å²) in [6.45, 7) is 0. The van der Waals surface area contributed by atoms with E-state index >= 15 is 0 Å². The molecule has 0 saturated carbocycles. The quantitative estimate of drug-likeness (QED) is 0.463. The van der Waals surface area contributed by atoms with Gasteiger partial charge in [0.05, 0.1) is 0 Å². The summed E-state index contributed by atoms with van der Waals surface area (Å²) in [5, 5.41) is 9.67. The average molecular weight is 216 g/mol. The second-order valence-corrected chi connectivity index (χ2v) is 3.20. The van der Waals surface area contributed by atoms with Gasteiger partial charge in [-0.05, 0) is 0 Å². The molecule has 0 fully saturated rings. The Labute approximate surface area is 91.5 Å². The minimum absolute atomic E-state index is 0.0522. The first kappa shape index (κ1) is 10.2. The minimum Gasteiger partial charge on any atom is -0.507 e. The number of rotatable bonds is 2. The molecule has 0 radical (unpaired) electrons. The number of carbonyl (C=O) groups is 2. The van der Waals surface area contributed by atoms with Crippen molar-refractivity contribution in [1.29, 1.82) is 0 Å². The average Bonchev–Trinajstić information content (AvgIpc) is 2.59. The number of hydrogen-bond acceptors (Lipinski definition) is 4. The van der Waals surface area contributed by atoms with Crippen LogP contribution in [-0.4, -0.2) is 16.9 Å². The van der Waals surface area contributed by atoms with Crippen LogP contribution in [0.1, 0.15) is 5.56 Å². The lowest BCUT2D eigenvalue weighted by Gasteiger charge is -1.99. The largest absolute Gasteiger partial charge is 0.507 e. The van der Waals surface area contributed by atoms with E-state index in [0.29, 0.717) is 5.56 Å². The molecule has 1 aliphatic heterocycles. The fourth-order valence-electron chi connectivity index (χ4n) is 1.27. The molecule has 1 aliphatic rings. The zero-order valence-electron chi connectivity index (χ0n) is 8.21. The number of benzene rings is 1. The Kier molecular flexibility index (Phi) is 2.55. The molecule has 0 bridgehead atoms. The Morgan fingerprint density at radius 3 is 2.44 bits per heavy atom. The van der Waals surface area contributed by atoms with Crippen LogP contribution in [0.4, 0.5) is 0 Å². The highest BCUT2D eigenvalue weighted by Crippen LogP contribution is 2.16. The molecule has 0 unspecified atom stereocenters. The molecule has 0 aromatic heterocycles. The van der Waals surface area contributed by atoms with E-state index in [1.54, 1.807) is 24.3 Å². The van der Waals surface area contributed by atoms with Gasteiger partial charge >= 0.3 is 5.97 Å². The first-order chi connectivity index (χ1) is 7.66. The van der Waals surface area contributed by atoms with E-state index in [9.17, 15) is 14.7 Å². The molecular formula is C12H8O4. The van der Waals surface area contributed by atoms with Crippen LogP contribution in [-0.2, 0) is 14.3 Å². The van der Waals surface area contributed by atoms with Crippen LogP contribution in [0.3, 0.4) is 0 Å². The summed E-state index contributed by atoms with van der Waals surface area (Å²) >= 11 is 0. The maximum absolute atomic E-state index is 10.8. The highest BCUT2D eigenvalue weighted by atomic mass is 16.5. The third-order valence-electron chi connectivity index (χ3n) is 2.03. The van der Waals surface area contributed by atoms with Gasteiger partial charge in [-0.1, -0.05) is 30.3 Å². The zero-order valence-corrected chi connectivity index (χ0v) is 8.21. The second kappa shape index (κ2) is 4.02. The van der Waals surface area contributed by atoms with Crippen molar-refractivity contribution in [3.05, 3.63) is 53.8 Å². The van der Waals surface area contributed by atoms with Gasteiger partial charge in [0.25, 0.3) is 5.78 Å². The molecule has 0 aliphatic carbocycles. The van der Waals surface area contributed by atoms with Gasteiger partial charge in [-0.2, -0.15) is 0 Å². The number of carbonyl (C=O) groups excluding carboxylic acids is 2. The Morgan fingerprint density at radius 1 is 1.19 bits per heavy atom. The monoisotopic (exact) mass is 216 g/mol. The number of esters is 1. The first-order valence-corrected chi connectivity index (χ1v) is 4.61. The molecule has 1 aromatic carbocycles. The van der Waals surface area contributed by atoms with Crippen LogP contribution < -0.4 is 0 Å². The van der Waals surface area contributed by atoms with Crippen molar-refractivity contribution in [1.82, 2.24) is 0 Å². The van der Waals surface area contributed by atoms with E-state index in [0.717, 1.165) is 6.08 Å². The van der Waals surface area contributed by atoms with Crippen molar-refractivity contribution in [2.45, 2.75) is 0 Å². The molecule has 4 heteroatoms. The van der Waals surface area contributed by atoms with Gasteiger partial charge in [-0.25, -0.2) is 4.79 Å². The Balaban J connectivity index is 2.24. The molecular weight excluding hydrogens is 208 g/mol. The SMILES string of the molecule is O=C1C=C(/C=C(\O)c2ccccc2)OC1=O. The molecule has 0 amide bonds. The van der Waals surface area contributed by atoms with E-state index in [-0.39, 0.29) is 11.5 Å². The third kappa shape index (κ3) is 2.00. The van der Waals surface area contributed by atoms with Gasteiger partial charge in [0, 0.05) is 17.7 Å². The Morgan fingerprint density at radius 2 is 1.88 bits per heavy atom. The molecule has 0 spiro atoms. The van der Waals surface area contributed by atoms with Crippen molar-refractivity contribution in [2.24, 2.45) is 0 Å². The molecule has 1 N–H and O–H groups in total. The highest BCUT2D eigenvalue weighted by molar-refractivity contribution is 6.40. The summed E-state index contributed by atoms with van der Waals surface area (Å²) in [6, 6.07) is 8.74. The summed E-state index contributed by atoms with van der Waals surface area (Å²) in [5.41, 5.74) is 0.582. The van der Waals surface area contributed by atoms with Crippen molar-refractivity contribution in [3.63, 3.8) is 0 Å². The Hall–Kier alpha value is -2.36. The van der Waals surface area contributed by atoms with Crippen LogP contribution in [0.25, 0.3) is 5.76 Å². The van der Waals surface area contributed by atoms with Crippen LogP contribution in [0.5, 0.6) is 0 Å². The molecule has 0 saturated heterocycles. The predicted octanol–water partition coefficient (Wildman–Crippen LogP) is 1.60. The van der Waals surface area contributed by atoms with E-state index < -0.39 is 11.8 Å². The summed E-state index contributed by atoms with van der Waals surface area (Å²) in [5.74, 6) is -1.65. The number of hydrogen-bond donors (Lipinski definition) is 1. The van der Waals surface area contributed by atoms with Gasteiger partial charge in [0.1, 0.15) is 11.5 Å².